The second-order valence-electron chi connectivity index (χ2n) is 5.72. The topological polar surface area (TPSA) is 58.6 Å². The van der Waals surface area contributed by atoms with E-state index in [0.717, 1.165) is 18.5 Å². The molecule has 0 radical (unpaired) electrons. The van der Waals surface area contributed by atoms with Crippen molar-refractivity contribution in [3.05, 3.63) is 29.8 Å². The number of hydrogen-bond donors (Lipinski definition) is 2. The molecule has 0 spiro atoms. The van der Waals surface area contributed by atoms with Crippen molar-refractivity contribution in [2.24, 2.45) is 0 Å². The number of benzene rings is 1. The van der Waals surface area contributed by atoms with E-state index in [4.69, 9.17) is 4.74 Å². The summed E-state index contributed by atoms with van der Waals surface area (Å²) < 4.78 is 5.01. The Hall–Kier alpha value is -1.55. The number of piperidine rings is 1. The minimum atomic E-state index is -0.683. The lowest BCUT2D eigenvalue weighted by Gasteiger charge is -2.33. The van der Waals surface area contributed by atoms with Crippen LogP contribution in [-0.4, -0.2) is 30.8 Å². The summed E-state index contributed by atoms with van der Waals surface area (Å²) in [6.45, 7) is 2.93. The number of rotatable bonds is 4. The van der Waals surface area contributed by atoms with Crippen molar-refractivity contribution in [3.8, 4) is 5.75 Å². The SMILES string of the molecule is COC(=O)C(C)(CC1CCCCN1)c1ccc(O)cc1. The lowest BCUT2D eigenvalue weighted by atomic mass is 9.76. The number of phenolic OH excluding ortho intramolecular Hbond substituents is 1. The van der Waals surface area contributed by atoms with Gasteiger partial charge in [-0.3, -0.25) is 4.79 Å². The highest BCUT2D eigenvalue weighted by Crippen LogP contribution is 2.33. The maximum absolute atomic E-state index is 12.3. The number of hydrogen-bond acceptors (Lipinski definition) is 4. The highest BCUT2D eigenvalue weighted by atomic mass is 16.5. The first kappa shape index (κ1) is 14.9. The Morgan fingerprint density at radius 3 is 2.65 bits per heavy atom. The molecule has 2 rings (SSSR count). The molecule has 1 aromatic carbocycles. The molecule has 110 valence electrons. The Morgan fingerprint density at radius 2 is 2.10 bits per heavy atom. The van der Waals surface area contributed by atoms with Gasteiger partial charge in [-0.25, -0.2) is 0 Å². The fourth-order valence-electron chi connectivity index (χ4n) is 2.96. The van der Waals surface area contributed by atoms with Crippen LogP contribution in [0.1, 0.15) is 38.2 Å². The lowest BCUT2D eigenvalue weighted by molar-refractivity contribution is -0.147. The van der Waals surface area contributed by atoms with Crippen LogP contribution in [0.2, 0.25) is 0 Å². The summed E-state index contributed by atoms with van der Waals surface area (Å²) in [5, 5.41) is 12.9. The highest BCUT2D eigenvalue weighted by molar-refractivity contribution is 5.82. The predicted molar refractivity (Wildman–Crippen MR) is 77.7 cm³/mol. The molecule has 1 heterocycles. The van der Waals surface area contributed by atoms with E-state index in [1.807, 2.05) is 6.92 Å². The zero-order chi connectivity index (χ0) is 14.6. The summed E-state index contributed by atoms with van der Waals surface area (Å²) >= 11 is 0. The molecule has 0 saturated carbocycles. The molecule has 20 heavy (non-hydrogen) atoms. The summed E-state index contributed by atoms with van der Waals surface area (Å²) in [5.41, 5.74) is 0.201. The fraction of sp³-hybridized carbons (Fsp3) is 0.562. The average Bonchev–Trinajstić information content (AvgIpc) is 2.48. The third-order valence-corrected chi connectivity index (χ3v) is 4.21. The quantitative estimate of drug-likeness (QED) is 0.829. The van der Waals surface area contributed by atoms with Crippen molar-refractivity contribution in [3.63, 3.8) is 0 Å². The van der Waals surface area contributed by atoms with Gasteiger partial charge in [-0.1, -0.05) is 18.6 Å². The van der Waals surface area contributed by atoms with Gasteiger partial charge in [0.2, 0.25) is 0 Å². The summed E-state index contributed by atoms with van der Waals surface area (Å²) in [6.07, 6.45) is 4.20. The molecule has 0 bridgehead atoms. The monoisotopic (exact) mass is 277 g/mol. The third-order valence-electron chi connectivity index (χ3n) is 4.21. The Balaban J connectivity index is 2.24. The van der Waals surface area contributed by atoms with Crippen LogP contribution < -0.4 is 5.32 Å². The van der Waals surface area contributed by atoms with Crippen LogP contribution >= 0.6 is 0 Å². The van der Waals surface area contributed by atoms with Crippen LogP contribution in [-0.2, 0) is 14.9 Å². The van der Waals surface area contributed by atoms with Gasteiger partial charge in [-0.05, 0) is 50.4 Å². The van der Waals surface area contributed by atoms with E-state index in [1.165, 1.54) is 20.0 Å². The molecule has 0 aliphatic carbocycles. The molecule has 2 N–H and O–H groups in total. The standard InChI is InChI=1S/C16H23NO3/c1-16(15(19)20-2,11-13-5-3-4-10-17-13)12-6-8-14(18)9-7-12/h6-9,13,17-18H,3-5,10-11H2,1-2H3. The zero-order valence-corrected chi connectivity index (χ0v) is 12.2. The van der Waals surface area contributed by atoms with Crippen LogP contribution in [0.4, 0.5) is 0 Å². The van der Waals surface area contributed by atoms with Crippen molar-refractivity contribution in [1.29, 1.82) is 0 Å². The number of nitrogens with one attached hydrogen (secondary N) is 1. The Morgan fingerprint density at radius 1 is 1.40 bits per heavy atom. The zero-order valence-electron chi connectivity index (χ0n) is 12.2. The average molecular weight is 277 g/mol. The number of esters is 1. The van der Waals surface area contributed by atoms with E-state index in [1.54, 1.807) is 24.3 Å². The highest BCUT2D eigenvalue weighted by Gasteiger charge is 2.38. The van der Waals surface area contributed by atoms with Gasteiger partial charge in [0.25, 0.3) is 0 Å². The number of phenols is 1. The maximum Gasteiger partial charge on any atom is 0.316 e. The second-order valence-corrected chi connectivity index (χ2v) is 5.72. The normalized spacial score (nSPS) is 22.0. The van der Waals surface area contributed by atoms with Gasteiger partial charge in [-0.15, -0.1) is 0 Å². The van der Waals surface area contributed by atoms with Crippen LogP contribution in [0.5, 0.6) is 5.75 Å². The molecule has 0 amide bonds. The molecule has 4 nitrogen and oxygen atoms in total. The van der Waals surface area contributed by atoms with Crippen molar-refractivity contribution in [2.75, 3.05) is 13.7 Å². The molecule has 1 saturated heterocycles. The van der Waals surface area contributed by atoms with Gasteiger partial charge in [0, 0.05) is 6.04 Å². The van der Waals surface area contributed by atoms with E-state index in [9.17, 15) is 9.90 Å². The number of aromatic hydroxyl groups is 1. The van der Waals surface area contributed by atoms with Crippen molar-refractivity contribution < 1.29 is 14.6 Å². The van der Waals surface area contributed by atoms with Crippen LogP contribution in [0.25, 0.3) is 0 Å². The molecular formula is C16H23NO3. The predicted octanol–water partition coefficient (Wildman–Crippen LogP) is 2.36. The molecule has 1 aromatic rings. The van der Waals surface area contributed by atoms with Crippen LogP contribution in [0.3, 0.4) is 0 Å². The van der Waals surface area contributed by atoms with Gasteiger partial charge >= 0.3 is 5.97 Å². The Bertz CT molecular complexity index is 451. The van der Waals surface area contributed by atoms with Gasteiger partial charge in [0.15, 0.2) is 0 Å². The largest absolute Gasteiger partial charge is 0.508 e. The Kier molecular flexibility index (Phi) is 4.65. The van der Waals surface area contributed by atoms with Crippen LogP contribution in [0.15, 0.2) is 24.3 Å². The summed E-state index contributed by atoms with van der Waals surface area (Å²) in [5.74, 6) is -0.0210. The lowest BCUT2D eigenvalue weighted by Crippen LogP contribution is -2.43. The van der Waals surface area contributed by atoms with Gasteiger partial charge < -0.3 is 15.2 Å². The molecule has 2 atom stereocenters. The molecular weight excluding hydrogens is 254 g/mol. The second kappa shape index (κ2) is 6.27. The van der Waals surface area contributed by atoms with Crippen LogP contribution in [0, 0.1) is 0 Å². The van der Waals surface area contributed by atoms with Crippen molar-refractivity contribution in [2.45, 2.75) is 44.1 Å². The van der Waals surface area contributed by atoms with Crippen molar-refractivity contribution >= 4 is 5.97 Å². The number of carbonyl (C=O) groups is 1. The molecule has 0 aromatic heterocycles. The first-order valence-corrected chi connectivity index (χ1v) is 7.17. The smallest absolute Gasteiger partial charge is 0.316 e. The first-order valence-electron chi connectivity index (χ1n) is 7.17. The van der Waals surface area contributed by atoms with E-state index in [2.05, 4.69) is 5.32 Å². The van der Waals surface area contributed by atoms with Gasteiger partial charge in [0.1, 0.15) is 5.75 Å². The van der Waals surface area contributed by atoms with E-state index in [-0.39, 0.29) is 11.7 Å². The molecule has 1 fully saturated rings. The van der Waals surface area contributed by atoms with E-state index < -0.39 is 5.41 Å². The minimum Gasteiger partial charge on any atom is -0.508 e. The molecule has 2 unspecified atom stereocenters. The summed E-state index contributed by atoms with van der Waals surface area (Å²) in [7, 11) is 1.43. The third kappa shape index (κ3) is 3.12. The molecule has 4 heteroatoms. The maximum atomic E-state index is 12.3. The van der Waals surface area contributed by atoms with Gasteiger partial charge in [-0.2, -0.15) is 0 Å². The minimum absolute atomic E-state index is 0.205. The molecule has 1 aliphatic heterocycles. The van der Waals surface area contributed by atoms with E-state index >= 15 is 0 Å². The number of ether oxygens (including phenoxy) is 1. The summed E-state index contributed by atoms with van der Waals surface area (Å²) in [4.78, 5) is 12.3. The number of methoxy groups -OCH3 is 1. The summed E-state index contributed by atoms with van der Waals surface area (Å²) in [6, 6.07) is 7.17. The number of carbonyl (C=O) groups excluding carboxylic acids is 1. The fourth-order valence-corrected chi connectivity index (χ4v) is 2.96. The van der Waals surface area contributed by atoms with Gasteiger partial charge in [0.05, 0.1) is 12.5 Å². The molecule has 1 aliphatic rings. The van der Waals surface area contributed by atoms with E-state index in [0.29, 0.717) is 12.5 Å². The van der Waals surface area contributed by atoms with Crippen molar-refractivity contribution in [1.82, 2.24) is 5.32 Å². The Labute approximate surface area is 120 Å². The first-order chi connectivity index (χ1) is 9.56.